The molecule has 0 fully saturated rings. The highest BCUT2D eigenvalue weighted by Crippen LogP contribution is 2.35. The van der Waals surface area contributed by atoms with Gasteiger partial charge < -0.3 is 21.9 Å². The SMILES string of the molecule is COc1cc2c(cc1OC)C(c1ccc(C(C)(C)C)cc1)=[N+](Cc1ccc(C(F)(F)F)cc1)CC2.[Cl-]. The van der Waals surface area contributed by atoms with E-state index in [0.29, 0.717) is 18.0 Å². The molecule has 3 aromatic rings. The smallest absolute Gasteiger partial charge is 0.416 e. The number of hydrogen-bond acceptors (Lipinski definition) is 2. The highest BCUT2D eigenvalue weighted by atomic mass is 35.5. The molecule has 0 spiro atoms. The Balaban J connectivity index is 0.00000361. The molecule has 0 aromatic heterocycles. The summed E-state index contributed by atoms with van der Waals surface area (Å²) in [6.45, 7) is 7.78. The van der Waals surface area contributed by atoms with Crippen molar-refractivity contribution in [1.29, 1.82) is 0 Å². The number of alkyl halides is 3. The van der Waals surface area contributed by atoms with E-state index in [2.05, 4.69) is 49.6 Å². The van der Waals surface area contributed by atoms with Crippen LogP contribution in [0.2, 0.25) is 0 Å². The molecule has 192 valence electrons. The van der Waals surface area contributed by atoms with Crippen LogP contribution in [-0.2, 0) is 24.6 Å². The van der Waals surface area contributed by atoms with Crippen LogP contribution in [0.1, 0.15) is 54.2 Å². The molecule has 7 heteroatoms. The molecule has 0 bridgehead atoms. The summed E-state index contributed by atoms with van der Waals surface area (Å²) in [5.41, 5.74) is 5.75. The van der Waals surface area contributed by atoms with Gasteiger partial charge in [-0.05, 0) is 52.9 Å². The molecule has 1 aliphatic heterocycles. The molecule has 1 aliphatic rings. The van der Waals surface area contributed by atoms with E-state index in [4.69, 9.17) is 9.47 Å². The molecule has 4 rings (SSSR count). The Morgan fingerprint density at radius 3 is 1.89 bits per heavy atom. The van der Waals surface area contributed by atoms with Crippen LogP contribution < -0.4 is 21.9 Å². The lowest BCUT2D eigenvalue weighted by Gasteiger charge is -2.22. The first-order chi connectivity index (χ1) is 16.5. The first-order valence-corrected chi connectivity index (χ1v) is 11.7. The third kappa shape index (κ3) is 5.70. The summed E-state index contributed by atoms with van der Waals surface area (Å²) < 4.78 is 52.5. The number of hydrogen-bond donors (Lipinski definition) is 0. The molecule has 1 heterocycles. The average molecular weight is 518 g/mol. The van der Waals surface area contributed by atoms with Gasteiger partial charge in [-0.2, -0.15) is 13.2 Å². The number of fused-ring (bicyclic) bond motifs is 1. The second-order valence-electron chi connectivity index (χ2n) is 9.91. The molecule has 0 saturated heterocycles. The molecule has 36 heavy (non-hydrogen) atoms. The van der Waals surface area contributed by atoms with Gasteiger partial charge in [0, 0.05) is 17.5 Å². The normalized spacial score (nSPS) is 13.7. The Labute approximate surface area is 217 Å². The van der Waals surface area contributed by atoms with Crippen molar-refractivity contribution in [2.75, 3.05) is 20.8 Å². The van der Waals surface area contributed by atoms with Crippen molar-refractivity contribution in [1.82, 2.24) is 0 Å². The molecule has 3 nitrogen and oxygen atoms in total. The van der Waals surface area contributed by atoms with Gasteiger partial charge in [0.25, 0.3) is 0 Å². The van der Waals surface area contributed by atoms with Gasteiger partial charge in [0.05, 0.1) is 25.3 Å². The second-order valence-corrected chi connectivity index (χ2v) is 9.91. The maximum absolute atomic E-state index is 13.0. The third-order valence-corrected chi connectivity index (χ3v) is 6.51. The zero-order chi connectivity index (χ0) is 25.4. The van der Waals surface area contributed by atoms with Gasteiger partial charge >= 0.3 is 6.18 Å². The third-order valence-electron chi connectivity index (χ3n) is 6.51. The number of ether oxygens (including phenoxy) is 2. The number of rotatable bonds is 5. The van der Waals surface area contributed by atoms with Gasteiger partial charge in [0.1, 0.15) is 6.54 Å². The average Bonchev–Trinajstić information content (AvgIpc) is 2.82. The van der Waals surface area contributed by atoms with Crippen LogP contribution in [0.15, 0.2) is 60.7 Å². The van der Waals surface area contributed by atoms with E-state index in [1.165, 1.54) is 5.56 Å². The van der Waals surface area contributed by atoms with Gasteiger partial charge in [-0.25, -0.2) is 4.58 Å². The van der Waals surface area contributed by atoms with Crippen LogP contribution in [0.5, 0.6) is 11.5 Å². The highest BCUT2D eigenvalue weighted by Gasteiger charge is 2.32. The minimum absolute atomic E-state index is 0. The van der Waals surface area contributed by atoms with E-state index in [-0.39, 0.29) is 17.8 Å². The first kappa shape index (κ1) is 27.6. The van der Waals surface area contributed by atoms with Crippen LogP contribution in [0, 0.1) is 0 Å². The van der Waals surface area contributed by atoms with E-state index in [1.54, 1.807) is 26.4 Å². The van der Waals surface area contributed by atoms with Crippen LogP contribution in [0.3, 0.4) is 0 Å². The highest BCUT2D eigenvalue weighted by molar-refractivity contribution is 6.11. The Kier molecular flexibility index (Phi) is 8.09. The molecular weight excluding hydrogens is 487 g/mol. The van der Waals surface area contributed by atoms with Crippen molar-refractivity contribution in [3.63, 3.8) is 0 Å². The minimum Gasteiger partial charge on any atom is -1.00 e. The van der Waals surface area contributed by atoms with E-state index in [1.807, 2.05) is 12.1 Å². The first-order valence-electron chi connectivity index (χ1n) is 11.7. The summed E-state index contributed by atoms with van der Waals surface area (Å²) in [5.74, 6) is 1.33. The van der Waals surface area contributed by atoms with Crippen molar-refractivity contribution in [2.24, 2.45) is 0 Å². The topological polar surface area (TPSA) is 21.5 Å². The van der Waals surface area contributed by atoms with Crippen LogP contribution in [0.4, 0.5) is 13.2 Å². The van der Waals surface area contributed by atoms with Crippen LogP contribution in [-0.4, -0.2) is 31.1 Å². The number of nitrogens with zero attached hydrogens (tertiary/aromatic N) is 1. The molecule has 3 aromatic carbocycles. The lowest BCUT2D eigenvalue weighted by atomic mass is 9.85. The van der Waals surface area contributed by atoms with Gasteiger partial charge in [-0.3, -0.25) is 0 Å². The van der Waals surface area contributed by atoms with E-state index in [0.717, 1.165) is 53.1 Å². The van der Waals surface area contributed by atoms with Gasteiger partial charge in [-0.1, -0.05) is 45.0 Å². The Hall–Kier alpha value is -2.99. The Morgan fingerprint density at radius 1 is 0.806 bits per heavy atom. The van der Waals surface area contributed by atoms with Crippen molar-refractivity contribution in [3.05, 3.63) is 94.0 Å². The molecule has 0 atom stereocenters. The quantitative estimate of drug-likeness (QED) is 0.482. The summed E-state index contributed by atoms with van der Waals surface area (Å²) >= 11 is 0. The number of methoxy groups -OCH3 is 2. The zero-order valence-corrected chi connectivity index (χ0v) is 21.9. The van der Waals surface area contributed by atoms with Gasteiger partial charge in [0.2, 0.25) is 5.71 Å². The second kappa shape index (κ2) is 10.6. The summed E-state index contributed by atoms with van der Waals surface area (Å²) in [5, 5.41) is 0. The lowest BCUT2D eigenvalue weighted by Crippen LogP contribution is -3.00. The molecule has 0 radical (unpaired) electrons. The maximum Gasteiger partial charge on any atom is 0.416 e. The van der Waals surface area contributed by atoms with Crippen molar-refractivity contribution < 1.29 is 39.6 Å². The molecule has 0 aliphatic carbocycles. The predicted octanol–water partition coefficient (Wildman–Crippen LogP) is 3.63. The van der Waals surface area contributed by atoms with Crippen molar-refractivity contribution >= 4 is 5.71 Å². The zero-order valence-electron chi connectivity index (χ0n) is 21.2. The molecule has 0 amide bonds. The predicted molar refractivity (Wildman–Crippen MR) is 132 cm³/mol. The van der Waals surface area contributed by atoms with Gasteiger partial charge in [-0.15, -0.1) is 0 Å². The summed E-state index contributed by atoms with van der Waals surface area (Å²) in [6.07, 6.45) is -3.55. The van der Waals surface area contributed by atoms with Gasteiger partial charge in [0.15, 0.2) is 18.0 Å². The fourth-order valence-electron chi connectivity index (χ4n) is 4.53. The van der Waals surface area contributed by atoms with E-state index >= 15 is 0 Å². The largest absolute Gasteiger partial charge is 1.00 e. The number of benzene rings is 3. The number of halogens is 4. The van der Waals surface area contributed by atoms with Crippen LogP contribution in [0.25, 0.3) is 0 Å². The monoisotopic (exact) mass is 517 g/mol. The Morgan fingerprint density at radius 2 is 1.36 bits per heavy atom. The standard InChI is InChI=1S/C29H31F3NO2.ClH/c1-28(2,3)22-12-8-20(9-13-22)27-24-17-26(35-5)25(34-4)16-21(24)14-15-33(27)18-19-6-10-23(11-7-19)29(30,31)32;/h6-13,16-17H,14-15,18H2,1-5H3;1H/q+1;/p-1. The summed E-state index contributed by atoms with van der Waals surface area (Å²) in [7, 11) is 3.24. The minimum atomic E-state index is -4.34. The Bertz CT molecular complexity index is 1240. The van der Waals surface area contributed by atoms with E-state index < -0.39 is 11.7 Å². The molecule has 0 N–H and O–H groups in total. The molecular formula is C29H31ClF3NO2. The molecule has 0 unspecified atom stereocenters. The van der Waals surface area contributed by atoms with Crippen molar-refractivity contribution in [3.8, 4) is 11.5 Å². The van der Waals surface area contributed by atoms with Crippen LogP contribution >= 0.6 is 0 Å². The van der Waals surface area contributed by atoms with Crippen molar-refractivity contribution in [2.45, 2.75) is 45.3 Å². The van der Waals surface area contributed by atoms with E-state index in [9.17, 15) is 13.2 Å². The fraction of sp³-hybridized carbons (Fsp3) is 0.345. The summed E-state index contributed by atoms with van der Waals surface area (Å²) in [4.78, 5) is 0. The maximum atomic E-state index is 13.0. The summed E-state index contributed by atoms with van der Waals surface area (Å²) in [6, 6.07) is 18.0. The lowest BCUT2D eigenvalue weighted by molar-refractivity contribution is -0.544. The molecule has 0 saturated carbocycles. The fourth-order valence-corrected chi connectivity index (χ4v) is 4.53.